The van der Waals surface area contributed by atoms with Gasteiger partial charge in [-0.15, -0.1) is 0 Å². The summed E-state index contributed by atoms with van der Waals surface area (Å²) in [6.07, 6.45) is 2.16. The summed E-state index contributed by atoms with van der Waals surface area (Å²) in [5, 5.41) is 15.8. The van der Waals surface area contributed by atoms with Crippen LogP contribution in [0.3, 0.4) is 0 Å². The molecule has 0 saturated carbocycles. The van der Waals surface area contributed by atoms with Gasteiger partial charge in [-0.1, -0.05) is 13.8 Å². The second-order valence-electron chi connectivity index (χ2n) is 4.88. The van der Waals surface area contributed by atoms with E-state index in [0.717, 1.165) is 19.4 Å². The molecule has 0 amide bonds. The monoisotopic (exact) mass is 282 g/mol. The lowest BCUT2D eigenvalue weighted by molar-refractivity contribution is 0.164. The van der Waals surface area contributed by atoms with Gasteiger partial charge < -0.3 is 20.6 Å². The second-order valence-corrected chi connectivity index (χ2v) is 4.88. The van der Waals surface area contributed by atoms with Crippen LogP contribution in [-0.2, 0) is 0 Å². The Labute approximate surface area is 120 Å². The lowest BCUT2D eigenvalue weighted by Gasteiger charge is -2.14. The van der Waals surface area contributed by atoms with Crippen molar-refractivity contribution in [1.29, 1.82) is 0 Å². The van der Waals surface area contributed by atoms with E-state index in [4.69, 9.17) is 0 Å². The second kappa shape index (κ2) is 8.52. The lowest BCUT2D eigenvalue weighted by Crippen LogP contribution is -2.19. The van der Waals surface area contributed by atoms with Crippen molar-refractivity contribution in [3.05, 3.63) is 0 Å². The van der Waals surface area contributed by atoms with Crippen molar-refractivity contribution in [2.75, 3.05) is 42.7 Å². The molecule has 114 valence electrons. The van der Waals surface area contributed by atoms with Crippen molar-refractivity contribution in [2.24, 2.45) is 0 Å². The Bertz CT molecular complexity index is 398. The van der Waals surface area contributed by atoms with E-state index in [-0.39, 0.29) is 6.10 Å². The summed E-state index contributed by atoms with van der Waals surface area (Å²) in [5.74, 6) is 1.71. The summed E-state index contributed by atoms with van der Waals surface area (Å²) in [7, 11) is 3.78. The highest BCUT2D eigenvalue weighted by Crippen LogP contribution is 2.11. The molecule has 1 aromatic heterocycles. The van der Waals surface area contributed by atoms with E-state index in [1.165, 1.54) is 0 Å². The van der Waals surface area contributed by atoms with E-state index in [0.29, 0.717) is 30.8 Å². The average Bonchev–Trinajstić information content (AvgIpc) is 2.44. The van der Waals surface area contributed by atoms with Gasteiger partial charge in [0.15, 0.2) is 0 Å². The van der Waals surface area contributed by atoms with Crippen LogP contribution in [0.15, 0.2) is 0 Å². The first-order valence-electron chi connectivity index (χ1n) is 7.16. The number of aliphatic hydroxyl groups excluding tert-OH is 1. The van der Waals surface area contributed by atoms with Gasteiger partial charge in [0.2, 0.25) is 17.8 Å². The molecular formula is C13H26N6O. The smallest absolute Gasteiger partial charge is 0.231 e. The molecule has 20 heavy (non-hydrogen) atoms. The molecule has 7 heteroatoms. The van der Waals surface area contributed by atoms with E-state index in [2.05, 4.69) is 32.5 Å². The number of aliphatic hydroxyl groups is 1. The SMILES string of the molecule is CCCNc1nc(NCCC(O)CC)nc(N(C)C)n1. The number of anilines is 3. The molecule has 0 aliphatic rings. The van der Waals surface area contributed by atoms with Gasteiger partial charge in [-0.25, -0.2) is 0 Å². The fraction of sp³-hybridized carbons (Fsp3) is 0.769. The first kappa shape index (κ1) is 16.4. The first-order chi connectivity index (χ1) is 9.56. The van der Waals surface area contributed by atoms with Crippen molar-refractivity contribution in [1.82, 2.24) is 15.0 Å². The molecule has 7 nitrogen and oxygen atoms in total. The molecule has 0 radical (unpaired) electrons. The van der Waals surface area contributed by atoms with Crippen molar-refractivity contribution in [3.63, 3.8) is 0 Å². The molecule has 1 atom stereocenters. The molecule has 0 saturated heterocycles. The van der Waals surface area contributed by atoms with Gasteiger partial charge in [0.25, 0.3) is 0 Å². The molecule has 0 aromatic carbocycles. The first-order valence-corrected chi connectivity index (χ1v) is 7.16. The van der Waals surface area contributed by atoms with Crippen LogP contribution in [0.25, 0.3) is 0 Å². The number of aromatic nitrogens is 3. The fourth-order valence-electron chi connectivity index (χ4n) is 1.51. The van der Waals surface area contributed by atoms with Crippen molar-refractivity contribution in [2.45, 2.75) is 39.2 Å². The topological polar surface area (TPSA) is 86.2 Å². The van der Waals surface area contributed by atoms with Gasteiger partial charge in [0.05, 0.1) is 6.10 Å². The van der Waals surface area contributed by atoms with Crippen molar-refractivity contribution in [3.8, 4) is 0 Å². The lowest BCUT2D eigenvalue weighted by atomic mass is 10.2. The molecule has 0 spiro atoms. The third-order valence-corrected chi connectivity index (χ3v) is 2.79. The zero-order valence-electron chi connectivity index (χ0n) is 12.8. The predicted octanol–water partition coefficient (Wildman–Crippen LogP) is 1.33. The number of nitrogens with zero attached hydrogens (tertiary/aromatic N) is 4. The zero-order valence-corrected chi connectivity index (χ0v) is 12.8. The molecular weight excluding hydrogens is 256 g/mol. The van der Waals surface area contributed by atoms with E-state index in [9.17, 15) is 5.11 Å². The van der Waals surface area contributed by atoms with Crippen LogP contribution in [-0.4, -0.2) is 53.3 Å². The Hall–Kier alpha value is -1.63. The van der Waals surface area contributed by atoms with Gasteiger partial charge >= 0.3 is 0 Å². The quantitative estimate of drug-likeness (QED) is 0.630. The summed E-state index contributed by atoms with van der Waals surface area (Å²) in [5.41, 5.74) is 0. The minimum atomic E-state index is -0.282. The van der Waals surface area contributed by atoms with Crippen LogP contribution in [0.2, 0.25) is 0 Å². The van der Waals surface area contributed by atoms with E-state index < -0.39 is 0 Å². The summed E-state index contributed by atoms with van der Waals surface area (Å²) in [6, 6.07) is 0. The van der Waals surface area contributed by atoms with Crippen LogP contribution in [0.5, 0.6) is 0 Å². The Morgan fingerprint density at radius 1 is 1.05 bits per heavy atom. The summed E-state index contributed by atoms with van der Waals surface area (Å²) in [6.45, 7) is 5.51. The maximum atomic E-state index is 9.54. The molecule has 0 fully saturated rings. The molecule has 1 unspecified atom stereocenters. The molecule has 0 aliphatic carbocycles. The Kier molecular flexibility index (Phi) is 7.00. The van der Waals surface area contributed by atoms with Crippen LogP contribution in [0.4, 0.5) is 17.8 Å². The zero-order chi connectivity index (χ0) is 15.0. The Morgan fingerprint density at radius 2 is 1.65 bits per heavy atom. The molecule has 3 N–H and O–H groups in total. The van der Waals surface area contributed by atoms with Gasteiger partial charge in [0, 0.05) is 27.2 Å². The predicted molar refractivity (Wildman–Crippen MR) is 82.3 cm³/mol. The standard InChI is InChI=1S/C13H26N6O/c1-5-8-14-11-16-12(15-9-7-10(20)6-2)18-13(17-11)19(3)4/h10,20H,5-9H2,1-4H3,(H2,14,15,16,17,18). The van der Waals surface area contributed by atoms with Crippen LogP contribution < -0.4 is 15.5 Å². The molecule has 1 rings (SSSR count). The third kappa shape index (κ3) is 5.56. The molecule has 0 aliphatic heterocycles. The van der Waals surface area contributed by atoms with E-state index >= 15 is 0 Å². The summed E-state index contributed by atoms with van der Waals surface area (Å²) >= 11 is 0. The van der Waals surface area contributed by atoms with Gasteiger partial charge in [-0.05, 0) is 19.3 Å². The number of hydrogen-bond acceptors (Lipinski definition) is 7. The number of hydrogen-bond donors (Lipinski definition) is 3. The highest BCUT2D eigenvalue weighted by molar-refractivity contribution is 5.42. The highest BCUT2D eigenvalue weighted by Gasteiger charge is 2.08. The minimum Gasteiger partial charge on any atom is -0.393 e. The van der Waals surface area contributed by atoms with Crippen molar-refractivity contribution < 1.29 is 5.11 Å². The minimum absolute atomic E-state index is 0.282. The van der Waals surface area contributed by atoms with E-state index in [1.54, 1.807) is 0 Å². The van der Waals surface area contributed by atoms with Crippen LogP contribution in [0.1, 0.15) is 33.1 Å². The largest absolute Gasteiger partial charge is 0.393 e. The number of nitrogens with one attached hydrogen (secondary N) is 2. The normalized spacial score (nSPS) is 12.1. The molecule has 1 aromatic rings. The maximum absolute atomic E-state index is 9.54. The molecule has 1 heterocycles. The Morgan fingerprint density at radius 3 is 2.15 bits per heavy atom. The van der Waals surface area contributed by atoms with Gasteiger partial charge in [0.1, 0.15) is 0 Å². The maximum Gasteiger partial charge on any atom is 0.231 e. The molecule has 0 bridgehead atoms. The fourth-order valence-corrected chi connectivity index (χ4v) is 1.51. The van der Waals surface area contributed by atoms with E-state index in [1.807, 2.05) is 25.9 Å². The Balaban J connectivity index is 2.70. The van der Waals surface area contributed by atoms with Gasteiger partial charge in [-0.3, -0.25) is 0 Å². The number of rotatable bonds is 9. The third-order valence-electron chi connectivity index (χ3n) is 2.79. The summed E-state index contributed by atoms with van der Waals surface area (Å²) in [4.78, 5) is 14.8. The summed E-state index contributed by atoms with van der Waals surface area (Å²) < 4.78 is 0. The van der Waals surface area contributed by atoms with Crippen LogP contribution >= 0.6 is 0 Å². The van der Waals surface area contributed by atoms with Crippen LogP contribution in [0, 0.1) is 0 Å². The van der Waals surface area contributed by atoms with Crippen molar-refractivity contribution >= 4 is 17.8 Å². The average molecular weight is 282 g/mol. The van der Waals surface area contributed by atoms with Gasteiger partial charge in [-0.2, -0.15) is 15.0 Å². The highest BCUT2D eigenvalue weighted by atomic mass is 16.3.